The molecule has 0 aliphatic heterocycles. The van der Waals surface area contributed by atoms with Gasteiger partial charge in [-0.15, -0.1) is 12.4 Å². The summed E-state index contributed by atoms with van der Waals surface area (Å²) in [5.74, 6) is 0.0179. The van der Waals surface area contributed by atoms with Crippen molar-refractivity contribution >= 4 is 24.2 Å². The molecule has 6 nitrogen and oxygen atoms in total. The third kappa shape index (κ3) is 5.88. The van der Waals surface area contributed by atoms with Crippen LogP contribution in [-0.2, 0) is 4.79 Å². The molecule has 0 aromatic heterocycles. The topological polar surface area (TPSA) is 93.4 Å². The summed E-state index contributed by atoms with van der Waals surface area (Å²) in [5.41, 5.74) is 6.34. The first-order valence-electron chi connectivity index (χ1n) is 8.92. The van der Waals surface area contributed by atoms with Crippen LogP contribution in [0, 0.1) is 5.92 Å². The lowest BCUT2D eigenvalue weighted by atomic mass is 9.91. The van der Waals surface area contributed by atoms with Gasteiger partial charge in [-0.2, -0.15) is 0 Å². The van der Waals surface area contributed by atoms with Gasteiger partial charge >= 0.3 is 0 Å². The van der Waals surface area contributed by atoms with E-state index in [0.717, 1.165) is 25.7 Å². The molecule has 0 heterocycles. The molecule has 1 saturated carbocycles. The van der Waals surface area contributed by atoms with E-state index >= 15 is 0 Å². The van der Waals surface area contributed by atoms with Crippen molar-refractivity contribution in [3.63, 3.8) is 0 Å². The SMILES string of the molecule is COc1ccccc1C(=O)NC(C(=O)NC1CCC(N)CC1)C(C)C.Cl. The predicted molar refractivity (Wildman–Crippen MR) is 105 cm³/mol. The number of halogens is 1. The molecule has 1 aliphatic carbocycles. The number of rotatable bonds is 6. The van der Waals surface area contributed by atoms with E-state index in [1.54, 1.807) is 24.3 Å². The maximum absolute atomic E-state index is 12.7. The Labute approximate surface area is 161 Å². The number of nitrogens with one attached hydrogen (secondary N) is 2. The van der Waals surface area contributed by atoms with E-state index in [2.05, 4.69) is 10.6 Å². The second kappa shape index (κ2) is 10.4. The normalized spacial score (nSPS) is 20.7. The molecule has 0 spiro atoms. The van der Waals surface area contributed by atoms with Crippen molar-refractivity contribution in [1.29, 1.82) is 0 Å². The summed E-state index contributed by atoms with van der Waals surface area (Å²) >= 11 is 0. The minimum Gasteiger partial charge on any atom is -0.496 e. The number of carbonyl (C=O) groups excluding carboxylic acids is 2. The summed E-state index contributed by atoms with van der Waals surface area (Å²) in [6.45, 7) is 3.84. The van der Waals surface area contributed by atoms with E-state index in [1.165, 1.54) is 7.11 Å². The van der Waals surface area contributed by atoms with Crippen molar-refractivity contribution in [2.75, 3.05) is 7.11 Å². The fourth-order valence-corrected chi connectivity index (χ4v) is 3.14. The lowest BCUT2D eigenvalue weighted by Crippen LogP contribution is -2.53. The van der Waals surface area contributed by atoms with Gasteiger partial charge < -0.3 is 21.1 Å². The third-order valence-corrected chi connectivity index (χ3v) is 4.71. The monoisotopic (exact) mass is 383 g/mol. The van der Waals surface area contributed by atoms with E-state index in [9.17, 15) is 9.59 Å². The quantitative estimate of drug-likeness (QED) is 0.702. The van der Waals surface area contributed by atoms with Gasteiger partial charge in [0, 0.05) is 12.1 Å². The number of ether oxygens (including phenoxy) is 1. The number of para-hydroxylation sites is 1. The zero-order valence-electron chi connectivity index (χ0n) is 15.7. The number of amides is 2. The standard InChI is InChI=1S/C19H29N3O3.ClH/c1-12(2)17(19(24)21-14-10-8-13(20)9-11-14)22-18(23)15-6-4-5-7-16(15)25-3;/h4-7,12-14,17H,8-11,20H2,1-3H3,(H,21,24)(H,22,23);1H. The summed E-state index contributed by atoms with van der Waals surface area (Å²) in [6.07, 6.45) is 3.62. The molecule has 2 rings (SSSR count). The number of methoxy groups -OCH3 is 1. The Morgan fingerprint density at radius 1 is 1.15 bits per heavy atom. The second-order valence-corrected chi connectivity index (χ2v) is 7.02. The molecule has 0 saturated heterocycles. The van der Waals surface area contributed by atoms with Crippen LogP contribution in [0.5, 0.6) is 5.75 Å². The first-order chi connectivity index (χ1) is 11.9. The predicted octanol–water partition coefficient (Wildman–Crippen LogP) is 2.26. The highest BCUT2D eigenvalue weighted by molar-refractivity contribution is 5.99. The zero-order chi connectivity index (χ0) is 18.4. The van der Waals surface area contributed by atoms with Crippen LogP contribution in [0.15, 0.2) is 24.3 Å². The van der Waals surface area contributed by atoms with Gasteiger partial charge in [0.15, 0.2) is 0 Å². The van der Waals surface area contributed by atoms with Gasteiger partial charge in [0.05, 0.1) is 12.7 Å². The van der Waals surface area contributed by atoms with Crippen LogP contribution in [0.4, 0.5) is 0 Å². The number of carbonyl (C=O) groups is 2. The highest BCUT2D eigenvalue weighted by Crippen LogP contribution is 2.19. The molecule has 7 heteroatoms. The van der Waals surface area contributed by atoms with E-state index in [0.29, 0.717) is 11.3 Å². The number of hydrogen-bond donors (Lipinski definition) is 3. The molecule has 1 fully saturated rings. The van der Waals surface area contributed by atoms with Crippen molar-refractivity contribution in [3.05, 3.63) is 29.8 Å². The molecule has 146 valence electrons. The minimum absolute atomic E-state index is 0. The second-order valence-electron chi connectivity index (χ2n) is 7.02. The molecule has 0 bridgehead atoms. The van der Waals surface area contributed by atoms with Crippen LogP contribution in [-0.4, -0.2) is 37.0 Å². The number of benzene rings is 1. The van der Waals surface area contributed by atoms with E-state index in [-0.39, 0.29) is 42.2 Å². The maximum atomic E-state index is 12.7. The van der Waals surface area contributed by atoms with Crippen LogP contribution in [0.3, 0.4) is 0 Å². The van der Waals surface area contributed by atoms with Crippen molar-refractivity contribution in [1.82, 2.24) is 10.6 Å². The number of nitrogens with two attached hydrogens (primary N) is 1. The summed E-state index contributed by atoms with van der Waals surface area (Å²) in [7, 11) is 1.52. The molecule has 2 amide bonds. The Morgan fingerprint density at radius 2 is 1.77 bits per heavy atom. The molecule has 4 N–H and O–H groups in total. The van der Waals surface area contributed by atoms with Crippen molar-refractivity contribution < 1.29 is 14.3 Å². The summed E-state index contributed by atoms with van der Waals surface area (Å²) in [6, 6.07) is 6.77. The average Bonchev–Trinajstić information content (AvgIpc) is 2.60. The van der Waals surface area contributed by atoms with Crippen molar-refractivity contribution in [2.45, 2.75) is 57.7 Å². The van der Waals surface area contributed by atoms with Gasteiger partial charge in [-0.25, -0.2) is 0 Å². The van der Waals surface area contributed by atoms with Gasteiger partial charge in [-0.1, -0.05) is 26.0 Å². The van der Waals surface area contributed by atoms with Crippen LogP contribution in [0.2, 0.25) is 0 Å². The third-order valence-electron chi connectivity index (χ3n) is 4.71. The summed E-state index contributed by atoms with van der Waals surface area (Å²) < 4.78 is 5.23. The first-order valence-corrected chi connectivity index (χ1v) is 8.92. The average molecular weight is 384 g/mol. The molecule has 1 unspecified atom stereocenters. The molecule has 1 atom stereocenters. The smallest absolute Gasteiger partial charge is 0.255 e. The minimum atomic E-state index is -0.590. The van der Waals surface area contributed by atoms with Crippen LogP contribution in [0.25, 0.3) is 0 Å². The summed E-state index contributed by atoms with van der Waals surface area (Å²) in [5, 5.41) is 5.92. The molecule has 1 aromatic rings. The summed E-state index contributed by atoms with van der Waals surface area (Å²) in [4.78, 5) is 25.3. The van der Waals surface area contributed by atoms with E-state index < -0.39 is 6.04 Å². The van der Waals surface area contributed by atoms with Crippen LogP contribution in [0.1, 0.15) is 49.9 Å². The van der Waals surface area contributed by atoms with Crippen molar-refractivity contribution in [2.24, 2.45) is 11.7 Å². The molecular formula is C19H30ClN3O3. The Kier molecular flexibility index (Phi) is 8.88. The lowest BCUT2D eigenvalue weighted by molar-refractivity contribution is -0.124. The van der Waals surface area contributed by atoms with Gasteiger partial charge in [0.25, 0.3) is 5.91 Å². The molecule has 0 radical (unpaired) electrons. The van der Waals surface area contributed by atoms with Gasteiger partial charge in [0.1, 0.15) is 11.8 Å². The molecule has 1 aliphatic rings. The Balaban J connectivity index is 0.00000338. The maximum Gasteiger partial charge on any atom is 0.255 e. The molecule has 26 heavy (non-hydrogen) atoms. The first kappa shape index (κ1) is 22.3. The highest BCUT2D eigenvalue weighted by Gasteiger charge is 2.28. The van der Waals surface area contributed by atoms with Crippen LogP contribution < -0.4 is 21.1 Å². The molecule has 1 aromatic carbocycles. The van der Waals surface area contributed by atoms with Crippen LogP contribution >= 0.6 is 12.4 Å². The largest absolute Gasteiger partial charge is 0.496 e. The number of hydrogen-bond acceptors (Lipinski definition) is 4. The van der Waals surface area contributed by atoms with E-state index in [4.69, 9.17) is 10.5 Å². The highest BCUT2D eigenvalue weighted by atomic mass is 35.5. The van der Waals surface area contributed by atoms with Gasteiger partial charge in [-0.3, -0.25) is 9.59 Å². The van der Waals surface area contributed by atoms with E-state index in [1.807, 2.05) is 13.8 Å². The molecular weight excluding hydrogens is 354 g/mol. The van der Waals surface area contributed by atoms with Gasteiger partial charge in [0.2, 0.25) is 5.91 Å². The van der Waals surface area contributed by atoms with Gasteiger partial charge in [-0.05, 0) is 43.7 Å². The zero-order valence-corrected chi connectivity index (χ0v) is 16.5. The van der Waals surface area contributed by atoms with Crippen molar-refractivity contribution in [3.8, 4) is 5.75 Å². The fourth-order valence-electron chi connectivity index (χ4n) is 3.14. The Bertz CT molecular complexity index is 601. The fraction of sp³-hybridized carbons (Fsp3) is 0.579. The Morgan fingerprint density at radius 3 is 2.35 bits per heavy atom. The lowest BCUT2D eigenvalue weighted by Gasteiger charge is -2.29. The Hall–Kier alpha value is -1.79.